The number of piperidine rings is 2. The molecule has 0 bridgehead atoms. The van der Waals surface area contributed by atoms with Crippen LogP contribution in [0.3, 0.4) is 0 Å². The SMILES string of the molecule is CCN(C)c1ccnc(NC2CCN(C(=O)N3CCCCC3)CC2)n1. The highest BCUT2D eigenvalue weighted by atomic mass is 16.2. The molecule has 2 aliphatic heterocycles. The molecule has 0 unspecified atom stereocenters. The predicted octanol–water partition coefficient (Wildman–Crippen LogP) is 2.41. The van der Waals surface area contributed by atoms with Crippen LogP contribution in [0, 0.1) is 0 Å². The highest BCUT2D eigenvalue weighted by Gasteiger charge is 2.27. The van der Waals surface area contributed by atoms with Crippen molar-refractivity contribution in [3.05, 3.63) is 12.3 Å². The number of amides is 2. The van der Waals surface area contributed by atoms with Gasteiger partial charge in [-0.15, -0.1) is 0 Å². The first-order valence-corrected chi connectivity index (χ1v) is 9.52. The zero-order valence-corrected chi connectivity index (χ0v) is 15.4. The van der Waals surface area contributed by atoms with Crippen LogP contribution in [-0.2, 0) is 0 Å². The van der Waals surface area contributed by atoms with Crippen LogP contribution in [-0.4, -0.2) is 71.6 Å². The van der Waals surface area contributed by atoms with Gasteiger partial charge in [0, 0.05) is 52.0 Å². The van der Waals surface area contributed by atoms with Crippen LogP contribution >= 0.6 is 0 Å². The van der Waals surface area contributed by atoms with E-state index in [1.165, 1.54) is 6.42 Å². The lowest BCUT2D eigenvalue weighted by Crippen LogP contribution is -2.49. The maximum Gasteiger partial charge on any atom is 0.319 e. The number of aromatic nitrogens is 2. The van der Waals surface area contributed by atoms with Gasteiger partial charge >= 0.3 is 6.03 Å². The summed E-state index contributed by atoms with van der Waals surface area (Å²) in [6.07, 6.45) is 7.22. The molecule has 0 saturated carbocycles. The molecule has 0 aliphatic carbocycles. The summed E-state index contributed by atoms with van der Waals surface area (Å²) in [7, 11) is 2.02. The first-order chi connectivity index (χ1) is 12.2. The summed E-state index contributed by atoms with van der Waals surface area (Å²) in [5, 5.41) is 3.44. The number of carbonyl (C=O) groups excluding carboxylic acids is 1. The Morgan fingerprint density at radius 3 is 2.56 bits per heavy atom. The van der Waals surface area contributed by atoms with Gasteiger partial charge in [-0.05, 0) is 45.1 Å². The molecule has 1 aromatic rings. The Balaban J connectivity index is 1.50. The quantitative estimate of drug-likeness (QED) is 0.907. The van der Waals surface area contributed by atoms with Gasteiger partial charge in [0.2, 0.25) is 5.95 Å². The molecular weight excluding hydrogens is 316 g/mol. The lowest BCUT2D eigenvalue weighted by atomic mass is 10.1. The molecule has 2 amide bonds. The highest BCUT2D eigenvalue weighted by molar-refractivity contribution is 5.74. The fourth-order valence-electron chi connectivity index (χ4n) is 3.48. The van der Waals surface area contributed by atoms with Gasteiger partial charge in [-0.1, -0.05) is 0 Å². The minimum atomic E-state index is 0.223. The van der Waals surface area contributed by atoms with E-state index in [4.69, 9.17) is 0 Å². The van der Waals surface area contributed by atoms with Gasteiger partial charge in [0.25, 0.3) is 0 Å². The van der Waals surface area contributed by atoms with Crippen LogP contribution in [0.15, 0.2) is 12.3 Å². The molecule has 0 spiro atoms. The van der Waals surface area contributed by atoms with E-state index in [-0.39, 0.29) is 6.03 Å². The molecule has 3 heterocycles. The van der Waals surface area contributed by atoms with Crippen molar-refractivity contribution >= 4 is 17.8 Å². The number of hydrogen-bond acceptors (Lipinski definition) is 5. The van der Waals surface area contributed by atoms with Gasteiger partial charge in [0.05, 0.1) is 0 Å². The Kier molecular flexibility index (Phi) is 5.94. The third-order valence-corrected chi connectivity index (χ3v) is 5.23. The molecule has 1 aromatic heterocycles. The Hall–Kier alpha value is -2.05. The van der Waals surface area contributed by atoms with Gasteiger partial charge in [-0.2, -0.15) is 4.98 Å². The first-order valence-electron chi connectivity index (χ1n) is 9.52. The van der Waals surface area contributed by atoms with Crippen LogP contribution in [0.4, 0.5) is 16.6 Å². The summed E-state index contributed by atoms with van der Waals surface area (Å²) in [5.74, 6) is 1.61. The molecule has 138 valence electrons. The Labute approximate surface area is 150 Å². The van der Waals surface area contributed by atoms with E-state index in [2.05, 4.69) is 27.1 Å². The van der Waals surface area contributed by atoms with Crippen molar-refractivity contribution in [1.29, 1.82) is 0 Å². The lowest BCUT2D eigenvalue weighted by Gasteiger charge is -2.37. The van der Waals surface area contributed by atoms with Crippen LogP contribution in [0.5, 0.6) is 0 Å². The van der Waals surface area contributed by atoms with E-state index in [1.54, 1.807) is 6.20 Å². The zero-order chi connectivity index (χ0) is 17.6. The molecule has 2 saturated heterocycles. The number of urea groups is 1. The second-order valence-electron chi connectivity index (χ2n) is 6.99. The molecule has 7 nitrogen and oxygen atoms in total. The lowest BCUT2D eigenvalue weighted by molar-refractivity contribution is 0.133. The minimum Gasteiger partial charge on any atom is -0.360 e. The van der Waals surface area contributed by atoms with E-state index in [9.17, 15) is 4.79 Å². The van der Waals surface area contributed by atoms with Crippen molar-refractivity contribution < 1.29 is 4.79 Å². The number of hydrogen-bond donors (Lipinski definition) is 1. The largest absolute Gasteiger partial charge is 0.360 e. The number of anilines is 2. The summed E-state index contributed by atoms with van der Waals surface area (Å²) in [4.78, 5) is 27.6. The molecule has 0 aromatic carbocycles. The van der Waals surface area contributed by atoms with Gasteiger partial charge < -0.3 is 20.0 Å². The van der Waals surface area contributed by atoms with Crippen molar-refractivity contribution in [2.45, 2.75) is 45.1 Å². The zero-order valence-electron chi connectivity index (χ0n) is 15.4. The number of nitrogens with one attached hydrogen (secondary N) is 1. The third-order valence-electron chi connectivity index (χ3n) is 5.23. The van der Waals surface area contributed by atoms with E-state index >= 15 is 0 Å². The fourth-order valence-corrected chi connectivity index (χ4v) is 3.48. The van der Waals surface area contributed by atoms with Gasteiger partial charge in [-0.25, -0.2) is 9.78 Å². The third kappa shape index (κ3) is 4.52. The smallest absolute Gasteiger partial charge is 0.319 e. The number of likely N-dealkylation sites (tertiary alicyclic amines) is 2. The van der Waals surface area contributed by atoms with Crippen LogP contribution in [0.2, 0.25) is 0 Å². The van der Waals surface area contributed by atoms with Crippen LogP contribution < -0.4 is 10.2 Å². The molecule has 2 aliphatic rings. The molecular formula is C18H30N6O. The highest BCUT2D eigenvalue weighted by Crippen LogP contribution is 2.19. The Morgan fingerprint density at radius 2 is 1.88 bits per heavy atom. The Morgan fingerprint density at radius 1 is 1.20 bits per heavy atom. The Bertz CT molecular complexity index is 566. The van der Waals surface area contributed by atoms with E-state index in [0.717, 1.165) is 64.2 Å². The molecule has 1 N–H and O–H groups in total. The second kappa shape index (κ2) is 8.36. The molecule has 0 radical (unpaired) electrons. The number of nitrogens with zero attached hydrogens (tertiary/aromatic N) is 5. The molecule has 3 rings (SSSR count). The summed E-state index contributed by atoms with van der Waals surface area (Å²) in [5.41, 5.74) is 0. The van der Waals surface area contributed by atoms with Crippen molar-refractivity contribution in [2.75, 3.05) is 50.0 Å². The van der Waals surface area contributed by atoms with Crippen LogP contribution in [0.25, 0.3) is 0 Å². The van der Waals surface area contributed by atoms with E-state index < -0.39 is 0 Å². The molecule has 25 heavy (non-hydrogen) atoms. The molecule has 0 atom stereocenters. The normalized spacial score (nSPS) is 19.0. The van der Waals surface area contributed by atoms with E-state index in [1.807, 2.05) is 22.9 Å². The average Bonchev–Trinajstić information content (AvgIpc) is 2.68. The summed E-state index contributed by atoms with van der Waals surface area (Å²) >= 11 is 0. The van der Waals surface area contributed by atoms with Gasteiger partial charge in [0.15, 0.2) is 0 Å². The molecule has 2 fully saturated rings. The topological polar surface area (TPSA) is 64.6 Å². The number of carbonyl (C=O) groups is 1. The summed E-state index contributed by atoms with van der Waals surface area (Å²) in [6, 6.07) is 2.47. The van der Waals surface area contributed by atoms with E-state index in [0.29, 0.717) is 12.0 Å². The van der Waals surface area contributed by atoms with Crippen molar-refractivity contribution in [2.24, 2.45) is 0 Å². The monoisotopic (exact) mass is 346 g/mol. The van der Waals surface area contributed by atoms with Crippen molar-refractivity contribution in [3.8, 4) is 0 Å². The number of rotatable bonds is 4. The van der Waals surface area contributed by atoms with Gasteiger partial charge in [-0.3, -0.25) is 0 Å². The minimum absolute atomic E-state index is 0.223. The van der Waals surface area contributed by atoms with Crippen molar-refractivity contribution in [3.63, 3.8) is 0 Å². The van der Waals surface area contributed by atoms with Gasteiger partial charge in [0.1, 0.15) is 5.82 Å². The standard InChI is InChI=1S/C18H30N6O/c1-3-22(2)16-7-10-19-17(21-16)20-15-8-13-24(14-9-15)18(25)23-11-5-4-6-12-23/h7,10,15H,3-6,8-9,11-14H2,1-2H3,(H,19,20,21). The summed E-state index contributed by atoms with van der Waals surface area (Å²) < 4.78 is 0. The second-order valence-corrected chi connectivity index (χ2v) is 6.99. The first kappa shape index (κ1) is 17.8. The average molecular weight is 346 g/mol. The fraction of sp³-hybridized carbons (Fsp3) is 0.722. The molecule has 7 heteroatoms. The maximum atomic E-state index is 12.6. The maximum absolute atomic E-state index is 12.6. The predicted molar refractivity (Wildman–Crippen MR) is 100 cm³/mol. The van der Waals surface area contributed by atoms with Crippen molar-refractivity contribution in [1.82, 2.24) is 19.8 Å². The van der Waals surface area contributed by atoms with Crippen LogP contribution in [0.1, 0.15) is 39.0 Å². The summed E-state index contributed by atoms with van der Waals surface area (Å²) in [6.45, 7) is 6.46.